The quantitative estimate of drug-likeness (QED) is 0.434. The van der Waals surface area contributed by atoms with Crippen LogP contribution in [0.15, 0.2) is 51.8 Å². The molecule has 10 heteroatoms. The molecule has 0 N–H and O–H groups in total. The van der Waals surface area contributed by atoms with Gasteiger partial charge >= 0.3 is 0 Å². The highest BCUT2D eigenvalue weighted by Gasteiger charge is 2.35. The van der Waals surface area contributed by atoms with Gasteiger partial charge in [-0.1, -0.05) is 27.3 Å². The molecule has 170 valence electrons. The van der Waals surface area contributed by atoms with Gasteiger partial charge in [0.25, 0.3) is 5.91 Å². The molecule has 32 heavy (non-hydrogen) atoms. The lowest BCUT2D eigenvalue weighted by Crippen LogP contribution is -2.36. The lowest BCUT2D eigenvalue weighted by molar-refractivity contribution is 0.0985. The summed E-state index contributed by atoms with van der Waals surface area (Å²) >= 11 is 4.94. The highest BCUT2D eigenvalue weighted by molar-refractivity contribution is 9.10. The Hall–Kier alpha value is -1.85. The summed E-state index contributed by atoms with van der Waals surface area (Å²) in [5, 5.41) is 0.620. The molecule has 0 unspecified atom stereocenters. The number of amides is 1. The van der Waals surface area contributed by atoms with Gasteiger partial charge in [-0.2, -0.15) is 4.31 Å². The zero-order valence-corrected chi connectivity index (χ0v) is 21.4. The van der Waals surface area contributed by atoms with E-state index in [4.69, 9.17) is 0 Å². The Morgan fingerprint density at radius 2 is 1.78 bits per heavy atom. The molecule has 1 amide bonds. The van der Waals surface area contributed by atoms with Gasteiger partial charge in [0.1, 0.15) is 0 Å². The fourth-order valence-electron chi connectivity index (χ4n) is 3.31. The molecule has 0 aliphatic heterocycles. The molecule has 4 rings (SSSR count). The molecule has 1 fully saturated rings. The topological polar surface area (TPSA) is 73.8 Å². The molecule has 0 saturated heterocycles. The molecule has 0 atom stereocenters. The molecular formula is C22H25BrN4O3S2. The van der Waals surface area contributed by atoms with Gasteiger partial charge in [0.2, 0.25) is 10.0 Å². The van der Waals surface area contributed by atoms with Crippen molar-refractivity contribution < 1.29 is 13.2 Å². The van der Waals surface area contributed by atoms with Crippen molar-refractivity contribution >= 4 is 58.5 Å². The highest BCUT2D eigenvalue weighted by atomic mass is 79.9. The minimum atomic E-state index is -3.55. The number of likely N-dealkylation sites (N-methyl/N-ethyl adjacent to an activating group) is 1. The number of halogens is 1. The van der Waals surface area contributed by atoms with Crippen LogP contribution in [0.25, 0.3) is 10.2 Å². The van der Waals surface area contributed by atoms with Crippen LogP contribution >= 0.6 is 27.3 Å². The summed E-state index contributed by atoms with van der Waals surface area (Å²) in [7, 11) is 1.97. The molecule has 0 bridgehead atoms. The fraction of sp³-hybridized carbons (Fsp3) is 0.364. The maximum Gasteiger partial charge on any atom is 0.260 e. The first-order valence-electron chi connectivity index (χ1n) is 10.3. The van der Waals surface area contributed by atoms with Crippen LogP contribution in [0.3, 0.4) is 0 Å². The van der Waals surface area contributed by atoms with E-state index in [1.165, 1.54) is 27.8 Å². The van der Waals surface area contributed by atoms with Gasteiger partial charge in [-0.25, -0.2) is 13.4 Å². The second kappa shape index (κ2) is 9.18. The monoisotopic (exact) mass is 536 g/mol. The van der Waals surface area contributed by atoms with E-state index in [9.17, 15) is 13.2 Å². The van der Waals surface area contributed by atoms with E-state index in [-0.39, 0.29) is 16.8 Å². The van der Waals surface area contributed by atoms with E-state index in [2.05, 4.69) is 20.9 Å². The maximum atomic E-state index is 13.4. The number of hydrogen-bond acceptors (Lipinski definition) is 6. The summed E-state index contributed by atoms with van der Waals surface area (Å²) < 4.78 is 28.9. The minimum Gasteiger partial charge on any atom is -0.308 e. The van der Waals surface area contributed by atoms with Gasteiger partial charge in [0.05, 0.1) is 15.1 Å². The van der Waals surface area contributed by atoms with E-state index < -0.39 is 10.0 Å². The number of hydrogen-bond donors (Lipinski definition) is 0. The smallest absolute Gasteiger partial charge is 0.260 e. The van der Waals surface area contributed by atoms with Gasteiger partial charge in [-0.3, -0.25) is 9.69 Å². The van der Waals surface area contributed by atoms with Crippen LogP contribution < -0.4 is 4.90 Å². The lowest BCUT2D eigenvalue weighted by atomic mass is 10.2. The van der Waals surface area contributed by atoms with Crippen LogP contribution in [0.4, 0.5) is 5.13 Å². The van der Waals surface area contributed by atoms with Crippen molar-refractivity contribution in [3.63, 3.8) is 0 Å². The number of sulfonamides is 1. The molecule has 0 spiro atoms. The first-order chi connectivity index (χ1) is 15.2. The SMILES string of the molecule is CN(C)CCN(C(=O)c1ccc(S(=O)(=O)N(C)C2CC2)cc1)c1nc2ccc(Br)cc2s1. The third-order valence-corrected chi connectivity index (χ3v) is 8.88. The van der Waals surface area contributed by atoms with E-state index in [0.29, 0.717) is 23.8 Å². The van der Waals surface area contributed by atoms with E-state index in [0.717, 1.165) is 27.5 Å². The van der Waals surface area contributed by atoms with Gasteiger partial charge in [-0.15, -0.1) is 0 Å². The molecule has 2 aromatic carbocycles. The van der Waals surface area contributed by atoms with Gasteiger partial charge in [0, 0.05) is 36.2 Å². The normalized spacial score (nSPS) is 14.4. The summed E-state index contributed by atoms with van der Waals surface area (Å²) in [4.78, 5) is 22.0. The molecule has 1 heterocycles. The number of carbonyl (C=O) groups excluding carboxylic acids is 1. The average Bonchev–Trinajstić information content (AvgIpc) is 3.52. The Balaban J connectivity index is 1.62. The molecule has 1 aliphatic rings. The van der Waals surface area contributed by atoms with Gasteiger partial charge in [0.15, 0.2) is 5.13 Å². The first-order valence-corrected chi connectivity index (χ1v) is 13.3. The number of carbonyl (C=O) groups is 1. The van der Waals surface area contributed by atoms with Crippen molar-refractivity contribution in [2.75, 3.05) is 39.1 Å². The molecule has 3 aromatic rings. The van der Waals surface area contributed by atoms with Crippen molar-refractivity contribution in [3.8, 4) is 0 Å². The second-order valence-corrected chi connectivity index (χ2v) is 12.1. The van der Waals surface area contributed by atoms with Crippen LogP contribution in [0.5, 0.6) is 0 Å². The summed E-state index contributed by atoms with van der Waals surface area (Å²) in [6.07, 6.45) is 1.79. The number of benzene rings is 2. The predicted octanol–water partition coefficient (Wildman–Crippen LogP) is 4.05. The maximum absolute atomic E-state index is 13.4. The van der Waals surface area contributed by atoms with Crippen LogP contribution in [0.1, 0.15) is 23.2 Å². The fourth-order valence-corrected chi connectivity index (χ4v) is 6.27. The van der Waals surface area contributed by atoms with Crippen LogP contribution in [0.2, 0.25) is 0 Å². The Labute approximate surface area is 200 Å². The number of anilines is 1. The van der Waals surface area contributed by atoms with Gasteiger partial charge < -0.3 is 4.90 Å². The number of nitrogens with zero attached hydrogens (tertiary/aromatic N) is 4. The van der Waals surface area contributed by atoms with Crippen molar-refractivity contribution in [2.24, 2.45) is 0 Å². The Morgan fingerprint density at radius 1 is 1.09 bits per heavy atom. The van der Waals surface area contributed by atoms with Crippen molar-refractivity contribution in [2.45, 2.75) is 23.8 Å². The van der Waals surface area contributed by atoms with Crippen LogP contribution in [-0.2, 0) is 10.0 Å². The molecule has 1 saturated carbocycles. The lowest BCUT2D eigenvalue weighted by Gasteiger charge is -2.22. The zero-order chi connectivity index (χ0) is 23.0. The molecule has 7 nitrogen and oxygen atoms in total. The average molecular weight is 538 g/mol. The third kappa shape index (κ3) is 4.89. The highest BCUT2D eigenvalue weighted by Crippen LogP contribution is 2.32. The number of aromatic nitrogens is 1. The van der Waals surface area contributed by atoms with Crippen molar-refractivity contribution in [3.05, 3.63) is 52.5 Å². The summed E-state index contributed by atoms with van der Waals surface area (Å²) in [5.41, 5.74) is 1.26. The number of thiazole rings is 1. The summed E-state index contributed by atoms with van der Waals surface area (Å²) in [6.45, 7) is 1.14. The van der Waals surface area contributed by atoms with Gasteiger partial charge in [-0.05, 0) is 69.4 Å². The predicted molar refractivity (Wildman–Crippen MR) is 132 cm³/mol. The molecule has 1 aliphatic carbocycles. The number of fused-ring (bicyclic) bond motifs is 1. The van der Waals surface area contributed by atoms with Crippen molar-refractivity contribution in [1.82, 2.24) is 14.2 Å². The summed E-state index contributed by atoms with van der Waals surface area (Å²) in [6, 6.07) is 12.1. The summed E-state index contributed by atoms with van der Waals surface area (Å²) in [5.74, 6) is -0.204. The molecular weight excluding hydrogens is 512 g/mol. The first kappa shape index (κ1) is 23.3. The standard InChI is InChI=1S/C22H25BrN4O3S2/c1-25(2)12-13-27(22-24-19-11-6-16(23)14-20(19)31-22)21(28)15-4-9-18(10-5-15)32(29,30)26(3)17-7-8-17/h4-6,9-11,14,17H,7-8,12-13H2,1-3H3. The largest absolute Gasteiger partial charge is 0.308 e. The Kier molecular flexibility index (Phi) is 6.69. The Bertz CT molecular complexity index is 1240. The zero-order valence-electron chi connectivity index (χ0n) is 18.2. The third-order valence-electron chi connectivity index (χ3n) is 5.43. The minimum absolute atomic E-state index is 0.0851. The van der Waals surface area contributed by atoms with E-state index in [1.54, 1.807) is 24.1 Å². The second-order valence-electron chi connectivity index (χ2n) is 8.15. The van der Waals surface area contributed by atoms with Crippen LogP contribution in [-0.4, -0.2) is 68.8 Å². The Morgan fingerprint density at radius 3 is 2.41 bits per heavy atom. The van der Waals surface area contributed by atoms with E-state index >= 15 is 0 Å². The van der Waals surface area contributed by atoms with Crippen LogP contribution in [0, 0.1) is 0 Å². The van der Waals surface area contributed by atoms with Crippen molar-refractivity contribution in [1.29, 1.82) is 0 Å². The molecule has 0 radical (unpaired) electrons. The number of rotatable bonds is 8. The van der Waals surface area contributed by atoms with E-state index in [1.807, 2.05) is 37.2 Å². The molecule has 1 aromatic heterocycles.